The minimum atomic E-state index is -1.02. The summed E-state index contributed by atoms with van der Waals surface area (Å²) < 4.78 is 0. The molecule has 2 aromatic carbocycles. The summed E-state index contributed by atoms with van der Waals surface area (Å²) in [7, 11) is 0. The lowest BCUT2D eigenvalue weighted by Crippen LogP contribution is -2.02. The molecule has 0 saturated carbocycles. The molecule has 0 bridgehead atoms. The molecule has 0 aromatic heterocycles. The summed E-state index contributed by atoms with van der Waals surface area (Å²) in [5.41, 5.74) is 6.14. The number of nitrogens with two attached hydrogens (primary N) is 1. The molecule has 0 unspecified atom stereocenters. The van der Waals surface area contributed by atoms with Gasteiger partial charge in [-0.05, 0) is 23.6 Å². The molecule has 0 spiro atoms. The van der Waals surface area contributed by atoms with Gasteiger partial charge >= 0.3 is 5.97 Å². The van der Waals surface area contributed by atoms with Gasteiger partial charge < -0.3 is 10.8 Å². The van der Waals surface area contributed by atoms with Gasteiger partial charge in [0.1, 0.15) is 0 Å². The minimum absolute atomic E-state index is 0.116. The third-order valence-electron chi connectivity index (χ3n) is 2.25. The molecule has 0 atom stereocenters. The van der Waals surface area contributed by atoms with Crippen molar-refractivity contribution in [2.24, 2.45) is 0 Å². The van der Waals surface area contributed by atoms with Gasteiger partial charge in [0.05, 0.1) is 11.3 Å². The predicted molar refractivity (Wildman–Crippen MR) is 60.3 cm³/mol. The molecule has 0 aliphatic rings. The third kappa shape index (κ3) is 1.62. The Kier molecular flexibility index (Phi) is 2.25. The Hall–Kier alpha value is -1.74. The van der Waals surface area contributed by atoms with E-state index in [1.807, 2.05) is 0 Å². The molecule has 3 nitrogen and oxygen atoms in total. The van der Waals surface area contributed by atoms with Crippen molar-refractivity contribution in [1.29, 1.82) is 0 Å². The van der Waals surface area contributed by atoms with Crippen LogP contribution in [0.15, 0.2) is 30.3 Å². The molecule has 0 aliphatic carbocycles. The Balaban J connectivity index is 2.80. The Labute approximate surface area is 91.1 Å². The van der Waals surface area contributed by atoms with Crippen molar-refractivity contribution in [3.8, 4) is 0 Å². The Morgan fingerprint density at radius 1 is 1.27 bits per heavy atom. The number of fused-ring (bicyclic) bond motifs is 1. The highest BCUT2D eigenvalue weighted by atomic mass is 35.5. The number of anilines is 1. The largest absolute Gasteiger partial charge is 0.478 e. The smallest absolute Gasteiger partial charge is 0.337 e. The topological polar surface area (TPSA) is 63.3 Å². The van der Waals surface area contributed by atoms with Crippen molar-refractivity contribution >= 4 is 34.0 Å². The maximum atomic E-state index is 10.8. The summed E-state index contributed by atoms with van der Waals surface area (Å²) >= 11 is 5.82. The predicted octanol–water partition coefficient (Wildman–Crippen LogP) is 2.77. The normalized spacial score (nSPS) is 10.5. The van der Waals surface area contributed by atoms with Crippen LogP contribution in [0.2, 0.25) is 5.02 Å². The molecule has 4 heteroatoms. The first-order valence-electron chi connectivity index (χ1n) is 4.30. The van der Waals surface area contributed by atoms with Gasteiger partial charge in [0.25, 0.3) is 0 Å². The van der Waals surface area contributed by atoms with Crippen LogP contribution in [0.5, 0.6) is 0 Å². The van der Waals surface area contributed by atoms with E-state index >= 15 is 0 Å². The standard InChI is InChI=1S/C11H8ClNO2/c12-7-2-4-8-6(5-7)1-3-9(10(8)13)11(14)15/h1-5H,13H2,(H,14,15). The SMILES string of the molecule is Nc1c(C(=O)O)ccc2cc(Cl)ccc12. The van der Waals surface area contributed by atoms with E-state index in [1.54, 1.807) is 24.3 Å². The molecule has 15 heavy (non-hydrogen) atoms. The third-order valence-corrected chi connectivity index (χ3v) is 2.49. The molecule has 2 aromatic rings. The first kappa shape index (κ1) is 9.80. The highest BCUT2D eigenvalue weighted by Crippen LogP contribution is 2.27. The summed E-state index contributed by atoms with van der Waals surface area (Å²) in [6.45, 7) is 0. The van der Waals surface area contributed by atoms with Crippen molar-refractivity contribution in [3.63, 3.8) is 0 Å². The van der Waals surface area contributed by atoms with E-state index in [1.165, 1.54) is 6.07 Å². The molecule has 0 saturated heterocycles. The second-order valence-electron chi connectivity index (χ2n) is 3.20. The van der Waals surface area contributed by atoms with Crippen LogP contribution in [0, 0.1) is 0 Å². The van der Waals surface area contributed by atoms with Crippen molar-refractivity contribution in [3.05, 3.63) is 40.9 Å². The summed E-state index contributed by atoms with van der Waals surface area (Å²) in [4.78, 5) is 10.8. The van der Waals surface area contributed by atoms with Gasteiger partial charge in [-0.15, -0.1) is 0 Å². The number of carboxylic acids is 1. The van der Waals surface area contributed by atoms with Gasteiger partial charge in [0.2, 0.25) is 0 Å². The van der Waals surface area contributed by atoms with Crippen molar-refractivity contribution in [2.45, 2.75) is 0 Å². The fraction of sp³-hybridized carbons (Fsp3) is 0. The summed E-state index contributed by atoms with van der Waals surface area (Å²) in [5, 5.41) is 11.0. The Bertz CT molecular complexity index is 552. The van der Waals surface area contributed by atoms with Gasteiger partial charge in [-0.2, -0.15) is 0 Å². The van der Waals surface area contributed by atoms with E-state index in [9.17, 15) is 4.79 Å². The number of benzene rings is 2. The number of rotatable bonds is 1. The zero-order valence-corrected chi connectivity index (χ0v) is 8.45. The number of carboxylic acid groups (broad SMARTS) is 1. The number of nitrogen functional groups attached to an aromatic ring is 1. The fourth-order valence-corrected chi connectivity index (χ4v) is 1.69. The monoisotopic (exact) mass is 221 g/mol. The Morgan fingerprint density at radius 3 is 2.67 bits per heavy atom. The number of aromatic carboxylic acids is 1. The maximum absolute atomic E-state index is 10.8. The van der Waals surface area contributed by atoms with E-state index in [0.717, 1.165) is 5.39 Å². The van der Waals surface area contributed by atoms with E-state index < -0.39 is 5.97 Å². The molecule has 76 valence electrons. The molecule has 3 N–H and O–H groups in total. The summed E-state index contributed by atoms with van der Waals surface area (Å²) in [6, 6.07) is 8.33. The van der Waals surface area contributed by atoms with Crippen LogP contribution in [0.1, 0.15) is 10.4 Å². The second-order valence-corrected chi connectivity index (χ2v) is 3.63. The van der Waals surface area contributed by atoms with E-state index in [0.29, 0.717) is 10.4 Å². The van der Waals surface area contributed by atoms with Crippen LogP contribution in [0.25, 0.3) is 10.8 Å². The lowest BCUT2D eigenvalue weighted by atomic mass is 10.0. The molecular weight excluding hydrogens is 214 g/mol. The first-order valence-corrected chi connectivity index (χ1v) is 4.68. The lowest BCUT2D eigenvalue weighted by Gasteiger charge is -2.05. The Morgan fingerprint density at radius 2 is 2.00 bits per heavy atom. The molecule has 0 fully saturated rings. The molecule has 0 radical (unpaired) electrons. The van der Waals surface area contributed by atoms with Gasteiger partial charge in [-0.25, -0.2) is 4.79 Å². The zero-order chi connectivity index (χ0) is 11.0. The van der Waals surface area contributed by atoms with E-state index in [2.05, 4.69) is 0 Å². The molecule has 0 heterocycles. The van der Waals surface area contributed by atoms with Crippen molar-refractivity contribution in [2.75, 3.05) is 5.73 Å². The van der Waals surface area contributed by atoms with Crippen LogP contribution >= 0.6 is 11.6 Å². The van der Waals surface area contributed by atoms with E-state index in [4.69, 9.17) is 22.4 Å². The number of halogens is 1. The second kappa shape index (κ2) is 3.44. The van der Waals surface area contributed by atoms with Crippen LogP contribution in [0.4, 0.5) is 5.69 Å². The number of hydrogen-bond acceptors (Lipinski definition) is 2. The maximum Gasteiger partial charge on any atom is 0.337 e. The number of hydrogen-bond donors (Lipinski definition) is 2. The quantitative estimate of drug-likeness (QED) is 0.728. The van der Waals surface area contributed by atoms with Gasteiger partial charge in [0, 0.05) is 10.4 Å². The molecular formula is C11H8ClNO2. The summed E-state index contributed by atoms with van der Waals surface area (Å²) in [5.74, 6) is -1.02. The van der Waals surface area contributed by atoms with Crippen LogP contribution in [-0.2, 0) is 0 Å². The fourth-order valence-electron chi connectivity index (χ4n) is 1.51. The van der Waals surface area contributed by atoms with Crippen LogP contribution in [-0.4, -0.2) is 11.1 Å². The van der Waals surface area contributed by atoms with Crippen LogP contribution < -0.4 is 5.73 Å². The number of carbonyl (C=O) groups is 1. The van der Waals surface area contributed by atoms with Gasteiger partial charge in [-0.3, -0.25) is 0 Å². The van der Waals surface area contributed by atoms with Crippen LogP contribution in [0.3, 0.4) is 0 Å². The minimum Gasteiger partial charge on any atom is -0.478 e. The highest BCUT2D eigenvalue weighted by Gasteiger charge is 2.10. The van der Waals surface area contributed by atoms with Gasteiger partial charge in [-0.1, -0.05) is 23.7 Å². The van der Waals surface area contributed by atoms with Crippen molar-refractivity contribution < 1.29 is 9.90 Å². The lowest BCUT2D eigenvalue weighted by molar-refractivity contribution is 0.0698. The van der Waals surface area contributed by atoms with Gasteiger partial charge in [0.15, 0.2) is 0 Å². The highest BCUT2D eigenvalue weighted by molar-refractivity contribution is 6.31. The average molecular weight is 222 g/mol. The van der Waals surface area contributed by atoms with Crippen molar-refractivity contribution in [1.82, 2.24) is 0 Å². The summed E-state index contributed by atoms with van der Waals surface area (Å²) in [6.07, 6.45) is 0. The molecule has 0 amide bonds. The zero-order valence-electron chi connectivity index (χ0n) is 7.70. The average Bonchev–Trinajstić information content (AvgIpc) is 2.17. The molecule has 2 rings (SSSR count). The molecule has 0 aliphatic heterocycles. The first-order chi connectivity index (χ1) is 7.09. The van der Waals surface area contributed by atoms with E-state index in [-0.39, 0.29) is 11.3 Å².